The highest BCUT2D eigenvalue weighted by Crippen LogP contribution is 2.16. The maximum Gasteiger partial charge on any atom is 0.326 e. The van der Waals surface area contributed by atoms with Crippen LogP contribution in [0.1, 0.15) is 11.1 Å². The maximum absolute atomic E-state index is 12.2. The molecule has 1 saturated heterocycles. The number of para-hydroxylation sites is 2. The van der Waals surface area contributed by atoms with Gasteiger partial charge in [0.15, 0.2) is 5.94 Å². The van der Waals surface area contributed by atoms with Gasteiger partial charge in [0, 0.05) is 13.1 Å². The van der Waals surface area contributed by atoms with Gasteiger partial charge in [-0.1, -0.05) is 36.4 Å². The molecule has 26 heavy (non-hydrogen) atoms. The number of nitrogens with zero attached hydrogens (tertiary/aromatic N) is 2. The third-order valence-electron chi connectivity index (χ3n) is 4.51. The van der Waals surface area contributed by atoms with Crippen LogP contribution in [0.2, 0.25) is 0 Å². The lowest BCUT2D eigenvalue weighted by molar-refractivity contribution is 0.130. The molecule has 0 bridgehead atoms. The molecule has 0 unspecified atom stereocenters. The molecule has 1 fully saturated rings. The van der Waals surface area contributed by atoms with Gasteiger partial charge in [-0.3, -0.25) is 4.57 Å². The summed E-state index contributed by atoms with van der Waals surface area (Å²) in [5.74, 6) is -0.255. The van der Waals surface area contributed by atoms with Crippen LogP contribution in [0.3, 0.4) is 0 Å². The number of nitrogens with one attached hydrogen (secondary N) is 1. The first-order valence-electron chi connectivity index (χ1n) is 8.34. The number of aromatic nitrogens is 2. The minimum atomic E-state index is -3.34. The molecule has 136 valence electrons. The molecule has 0 atom stereocenters. The summed E-state index contributed by atoms with van der Waals surface area (Å²) in [6.07, 6.45) is 0. The van der Waals surface area contributed by atoms with Gasteiger partial charge in [-0.15, -0.1) is 0 Å². The van der Waals surface area contributed by atoms with Crippen molar-refractivity contribution < 1.29 is 13.2 Å². The largest absolute Gasteiger partial charge is 0.363 e. The van der Waals surface area contributed by atoms with E-state index in [4.69, 9.17) is 4.74 Å². The number of fused-ring (bicyclic) bond motifs is 1. The molecule has 7 nitrogen and oxygen atoms in total. The number of rotatable bonds is 4. The van der Waals surface area contributed by atoms with E-state index in [1.54, 1.807) is 4.57 Å². The van der Waals surface area contributed by atoms with Crippen molar-refractivity contribution in [2.45, 2.75) is 13.1 Å². The molecular weight excluding hydrogens is 354 g/mol. The van der Waals surface area contributed by atoms with Crippen molar-refractivity contribution in [1.82, 2.24) is 13.9 Å². The van der Waals surface area contributed by atoms with Gasteiger partial charge in [-0.2, -0.15) is 4.31 Å². The SMILES string of the molecule is O=c1[nH]c2ccccc2n1Cc1ccc(CN2CCOCS2(=O)=O)cc1. The Labute approximate surface area is 150 Å². The van der Waals surface area contributed by atoms with E-state index in [0.717, 1.165) is 22.2 Å². The molecule has 0 saturated carbocycles. The average molecular weight is 373 g/mol. The number of H-pyrrole nitrogens is 1. The van der Waals surface area contributed by atoms with Crippen LogP contribution in [-0.4, -0.2) is 41.4 Å². The van der Waals surface area contributed by atoms with E-state index < -0.39 is 10.0 Å². The first-order valence-corrected chi connectivity index (χ1v) is 9.95. The number of benzene rings is 2. The van der Waals surface area contributed by atoms with Crippen molar-refractivity contribution in [3.63, 3.8) is 0 Å². The topological polar surface area (TPSA) is 84.4 Å². The van der Waals surface area contributed by atoms with Crippen LogP contribution >= 0.6 is 0 Å². The van der Waals surface area contributed by atoms with E-state index in [0.29, 0.717) is 26.2 Å². The van der Waals surface area contributed by atoms with Crippen LogP contribution in [-0.2, 0) is 27.8 Å². The summed E-state index contributed by atoms with van der Waals surface area (Å²) in [7, 11) is -3.34. The number of imidazole rings is 1. The van der Waals surface area contributed by atoms with Crippen molar-refractivity contribution in [3.8, 4) is 0 Å². The highest BCUT2D eigenvalue weighted by molar-refractivity contribution is 7.88. The lowest BCUT2D eigenvalue weighted by Crippen LogP contribution is -2.40. The second kappa shape index (κ2) is 6.71. The molecule has 0 aliphatic carbocycles. The molecule has 8 heteroatoms. The zero-order valence-electron chi connectivity index (χ0n) is 14.1. The number of hydrogen-bond acceptors (Lipinski definition) is 4. The summed E-state index contributed by atoms with van der Waals surface area (Å²) >= 11 is 0. The fourth-order valence-electron chi connectivity index (χ4n) is 3.12. The second-order valence-electron chi connectivity index (χ2n) is 6.32. The van der Waals surface area contributed by atoms with Crippen LogP contribution in [0.25, 0.3) is 11.0 Å². The van der Waals surface area contributed by atoms with Gasteiger partial charge in [0.25, 0.3) is 0 Å². The van der Waals surface area contributed by atoms with Crippen LogP contribution in [0.15, 0.2) is 53.3 Å². The van der Waals surface area contributed by atoms with Crippen LogP contribution < -0.4 is 5.69 Å². The van der Waals surface area contributed by atoms with E-state index in [9.17, 15) is 13.2 Å². The molecule has 1 N–H and O–H groups in total. The Balaban J connectivity index is 1.53. The minimum absolute atomic E-state index is 0.144. The quantitative estimate of drug-likeness (QED) is 0.751. The molecule has 1 aromatic heterocycles. The lowest BCUT2D eigenvalue weighted by atomic mass is 10.1. The molecular formula is C18H19N3O4S. The van der Waals surface area contributed by atoms with Gasteiger partial charge in [0.1, 0.15) is 0 Å². The molecule has 0 spiro atoms. The van der Waals surface area contributed by atoms with Crippen molar-refractivity contribution in [2.75, 3.05) is 19.1 Å². The smallest absolute Gasteiger partial charge is 0.326 e. The summed E-state index contributed by atoms with van der Waals surface area (Å²) < 4.78 is 32.1. The van der Waals surface area contributed by atoms with Gasteiger partial charge in [0.05, 0.1) is 24.2 Å². The van der Waals surface area contributed by atoms with Gasteiger partial charge < -0.3 is 9.72 Å². The summed E-state index contributed by atoms with van der Waals surface area (Å²) in [5, 5.41) is 0. The van der Waals surface area contributed by atoms with E-state index in [2.05, 4.69) is 4.98 Å². The molecule has 0 radical (unpaired) electrons. The number of sulfonamides is 1. The summed E-state index contributed by atoms with van der Waals surface area (Å²) in [5.41, 5.74) is 3.42. The van der Waals surface area contributed by atoms with Crippen molar-refractivity contribution in [2.24, 2.45) is 0 Å². The lowest BCUT2D eigenvalue weighted by Gasteiger charge is -2.26. The summed E-state index contributed by atoms with van der Waals surface area (Å²) in [4.78, 5) is 15.0. The van der Waals surface area contributed by atoms with Crippen molar-refractivity contribution >= 4 is 21.1 Å². The van der Waals surface area contributed by atoms with Crippen LogP contribution in [0.4, 0.5) is 0 Å². The predicted molar refractivity (Wildman–Crippen MR) is 98.3 cm³/mol. The molecule has 2 aromatic carbocycles. The predicted octanol–water partition coefficient (Wildman–Crippen LogP) is 1.50. The Morgan fingerprint density at radius 1 is 1.00 bits per heavy atom. The normalized spacial score (nSPS) is 17.5. The van der Waals surface area contributed by atoms with Gasteiger partial charge in [-0.05, 0) is 23.3 Å². The fraction of sp³-hybridized carbons (Fsp3) is 0.278. The first kappa shape index (κ1) is 17.0. The monoisotopic (exact) mass is 373 g/mol. The third kappa shape index (κ3) is 3.31. The Morgan fingerprint density at radius 3 is 2.42 bits per heavy atom. The van der Waals surface area contributed by atoms with Crippen molar-refractivity contribution in [3.05, 3.63) is 70.1 Å². The highest BCUT2D eigenvalue weighted by atomic mass is 32.2. The van der Waals surface area contributed by atoms with E-state index in [-0.39, 0.29) is 11.6 Å². The minimum Gasteiger partial charge on any atom is -0.363 e. The first-order chi connectivity index (χ1) is 12.5. The summed E-state index contributed by atoms with van der Waals surface area (Å²) in [6, 6.07) is 15.2. The maximum atomic E-state index is 12.2. The van der Waals surface area contributed by atoms with Gasteiger partial charge in [-0.25, -0.2) is 13.2 Å². The Kier molecular flexibility index (Phi) is 4.39. The number of hydrogen-bond donors (Lipinski definition) is 1. The number of aromatic amines is 1. The summed E-state index contributed by atoms with van der Waals surface area (Å²) in [6.45, 7) is 1.58. The molecule has 3 aromatic rings. The third-order valence-corrected chi connectivity index (χ3v) is 6.08. The van der Waals surface area contributed by atoms with E-state index in [1.165, 1.54) is 4.31 Å². The Hall–Kier alpha value is -2.42. The van der Waals surface area contributed by atoms with Crippen LogP contribution in [0.5, 0.6) is 0 Å². The van der Waals surface area contributed by atoms with Gasteiger partial charge in [0.2, 0.25) is 10.0 Å². The fourth-order valence-corrected chi connectivity index (χ4v) is 4.30. The van der Waals surface area contributed by atoms with Crippen LogP contribution in [0, 0.1) is 0 Å². The highest BCUT2D eigenvalue weighted by Gasteiger charge is 2.26. The van der Waals surface area contributed by atoms with Crippen molar-refractivity contribution in [1.29, 1.82) is 0 Å². The standard InChI is InChI=1S/C18H19N3O4S/c22-18-19-16-3-1-2-4-17(16)21(18)12-15-7-5-14(6-8-15)11-20-9-10-25-13-26(20,23)24/h1-8H,9-13H2,(H,19,22). The molecule has 1 aliphatic heterocycles. The molecule has 1 aliphatic rings. The number of ether oxygens (including phenoxy) is 1. The molecule has 4 rings (SSSR count). The molecule has 0 amide bonds. The zero-order valence-corrected chi connectivity index (χ0v) is 14.9. The Morgan fingerprint density at radius 2 is 1.69 bits per heavy atom. The second-order valence-corrected chi connectivity index (χ2v) is 8.24. The zero-order chi connectivity index (χ0) is 18.1. The van der Waals surface area contributed by atoms with Gasteiger partial charge >= 0.3 is 5.69 Å². The average Bonchev–Trinajstić information content (AvgIpc) is 2.94. The molecule has 2 heterocycles. The van der Waals surface area contributed by atoms with E-state index >= 15 is 0 Å². The van der Waals surface area contributed by atoms with E-state index in [1.807, 2.05) is 48.5 Å². The Bertz CT molecular complexity index is 1080.